The van der Waals surface area contributed by atoms with Gasteiger partial charge in [0, 0.05) is 23.1 Å². The standard InChI is InChI=1S/C37H51NO4/c1-27-10-9-20-36(2)34(19-21-37(36,41)26-38-22-7-5-4-6-8-23-38)32-18-12-28(24-30(39)15-11-27)25-33(32)35(40)29-13-16-31(42-3)17-14-29/h10,12-14,16-18,25,30,34,39,41H,4-9,11,15,19-24,26H2,1-3H3/t30-,34-,36-,37+/m0/s1. The molecule has 6 rings (SSSR count). The summed E-state index contributed by atoms with van der Waals surface area (Å²) in [5.74, 6) is 0.776. The number of allylic oxidation sites excluding steroid dienone is 2. The van der Waals surface area contributed by atoms with Crippen molar-refractivity contribution in [3.8, 4) is 5.75 Å². The van der Waals surface area contributed by atoms with Gasteiger partial charge in [-0.3, -0.25) is 4.79 Å². The molecule has 3 aliphatic carbocycles. The number of benzene rings is 2. The summed E-state index contributed by atoms with van der Waals surface area (Å²) < 4.78 is 5.34. The summed E-state index contributed by atoms with van der Waals surface area (Å²) >= 11 is 0. The van der Waals surface area contributed by atoms with Gasteiger partial charge in [0.05, 0.1) is 18.8 Å². The minimum atomic E-state index is -0.828. The molecule has 0 amide bonds. The maximum absolute atomic E-state index is 14.2. The molecule has 228 valence electrons. The fraction of sp³-hybridized carbons (Fsp3) is 0.595. The quantitative estimate of drug-likeness (QED) is 0.292. The van der Waals surface area contributed by atoms with Gasteiger partial charge >= 0.3 is 0 Å². The molecule has 1 saturated carbocycles. The van der Waals surface area contributed by atoms with E-state index in [0.717, 1.165) is 62.1 Å². The van der Waals surface area contributed by atoms with E-state index in [9.17, 15) is 15.0 Å². The van der Waals surface area contributed by atoms with E-state index in [1.165, 1.54) is 37.7 Å². The fourth-order valence-electron chi connectivity index (χ4n) is 7.94. The maximum atomic E-state index is 14.2. The van der Waals surface area contributed by atoms with E-state index in [-0.39, 0.29) is 17.1 Å². The van der Waals surface area contributed by atoms with Crippen molar-refractivity contribution in [3.05, 3.63) is 76.4 Å². The lowest BCUT2D eigenvalue weighted by Gasteiger charge is -2.46. The Morgan fingerprint density at radius 1 is 1.00 bits per heavy atom. The first-order valence-corrected chi connectivity index (χ1v) is 16.3. The molecule has 0 spiro atoms. The molecule has 2 bridgehead atoms. The molecule has 2 fully saturated rings. The van der Waals surface area contributed by atoms with Gasteiger partial charge in [-0.25, -0.2) is 0 Å². The molecule has 4 aliphatic rings. The zero-order chi connectivity index (χ0) is 29.7. The van der Waals surface area contributed by atoms with Gasteiger partial charge in [-0.1, -0.05) is 50.0 Å². The normalized spacial score (nSPS) is 29.6. The molecule has 1 heterocycles. The monoisotopic (exact) mass is 573 g/mol. The molecule has 1 aliphatic heterocycles. The number of likely N-dealkylation sites (tertiary alicyclic amines) is 1. The van der Waals surface area contributed by atoms with Crippen LogP contribution in [0.1, 0.15) is 117 Å². The summed E-state index contributed by atoms with van der Waals surface area (Å²) in [4.78, 5) is 16.7. The van der Waals surface area contributed by atoms with Gasteiger partial charge in [-0.05, 0) is 125 Å². The number of β-amino-alcohol motifs (C(OH)–C–C–N with tert-alkyl or cyclic N) is 1. The fourth-order valence-corrected chi connectivity index (χ4v) is 7.94. The summed E-state index contributed by atoms with van der Waals surface area (Å²) in [5, 5.41) is 23.5. The molecule has 42 heavy (non-hydrogen) atoms. The maximum Gasteiger partial charge on any atom is 0.193 e. The number of aliphatic hydroxyl groups excluding tert-OH is 1. The predicted molar refractivity (Wildman–Crippen MR) is 169 cm³/mol. The molecule has 2 aromatic carbocycles. The first kappa shape index (κ1) is 31.0. The molecule has 4 atom stereocenters. The van der Waals surface area contributed by atoms with Crippen molar-refractivity contribution >= 4 is 5.78 Å². The number of nitrogens with zero attached hydrogens (tertiary/aromatic N) is 1. The summed E-state index contributed by atoms with van der Waals surface area (Å²) in [5.41, 5.74) is 3.46. The number of ketones is 1. The first-order chi connectivity index (χ1) is 20.2. The Balaban J connectivity index is 1.56. The Kier molecular flexibility index (Phi) is 9.92. The van der Waals surface area contributed by atoms with E-state index < -0.39 is 11.7 Å². The number of carbonyl (C=O) groups excluding carboxylic acids is 1. The average molecular weight is 574 g/mol. The highest BCUT2D eigenvalue weighted by molar-refractivity contribution is 6.10. The van der Waals surface area contributed by atoms with E-state index in [2.05, 4.69) is 37.0 Å². The molecule has 1 saturated heterocycles. The van der Waals surface area contributed by atoms with Crippen LogP contribution in [-0.2, 0) is 6.42 Å². The van der Waals surface area contributed by atoms with Crippen LogP contribution in [0.3, 0.4) is 0 Å². The van der Waals surface area contributed by atoms with Crippen LogP contribution in [0.15, 0.2) is 54.1 Å². The minimum absolute atomic E-state index is 0.00612. The Labute approximate surface area is 253 Å². The molecular formula is C37H51NO4. The van der Waals surface area contributed by atoms with Gasteiger partial charge in [0.25, 0.3) is 0 Å². The number of aliphatic hydroxyl groups is 2. The largest absolute Gasteiger partial charge is 0.497 e. The highest BCUT2D eigenvalue weighted by atomic mass is 16.5. The summed E-state index contributed by atoms with van der Waals surface area (Å²) in [6.45, 7) is 7.28. The van der Waals surface area contributed by atoms with E-state index in [0.29, 0.717) is 30.5 Å². The summed E-state index contributed by atoms with van der Waals surface area (Å²) in [7, 11) is 1.63. The van der Waals surface area contributed by atoms with Crippen LogP contribution in [0.4, 0.5) is 0 Å². The molecule has 0 aromatic heterocycles. The Morgan fingerprint density at radius 2 is 1.71 bits per heavy atom. The topological polar surface area (TPSA) is 70.0 Å². The van der Waals surface area contributed by atoms with Crippen LogP contribution in [0.5, 0.6) is 5.75 Å². The third-order valence-corrected chi connectivity index (χ3v) is 10.7. The molecule has 2 aromatic rings. The summed E-state index contributed by atoms with van der Waals surface area (Å²) in [6, 6.07) is 13.6. The van der Waals surface area contributed by atoms with Crippen molar-refractivity contribution in [2.24, 2.45) is 5.41 Å². The SMILES string of the molecule is COc1ccc(C(=O)c2cc3ccc2[C@@H]2CC[C@@](O)(CN4CCCCCCC4)[C@@]2(C)CCC=C(C)CC[C@H](O)C3)cc1. The second-order valence-electron chi connectivity index (χ2n) is 13.5. The van der Waals surface area contributed by atoms with Crippen LogP contribution < -0.4 is 4.74 Å². The Bertz CT molecular complexity index is 1240. The number of carbonyl (C=O) groups is 1. The zero-order valence-corrected chi connectivity index (χ0v) is 26.0. The number of hydrogen-bond acceptors (Lipinski definition) is 5. The van der Waals surface area contributed by atoms with Gasteiger partial charge in [-0.15, -0.1) is 0 Å². The third kappa shape index (κ3) is 6.69. The number of rotatable bonds is 5. The molecular weight excluding hydrogens is 522 g/mol. The van der Waals surface area contributed by atoms with Crippen LogP contribution >= 0.6 is 0 Å². The van der Waals surface area contributed by atoms with Crippen molar-refractivity contribution in [2.75, 3.05) is 26.7 Å². The molecule has 0 radical (unpaired) electrons. The van der Waals surface area contributed by atoms with Crippen LogP contribution in [0, 0.1) is 5.41 Å². The van der Waals surface area contributed by atoms with Crippen molar-refractivity contribution in [1.82, 2.24) is 4.90 Å². The number of hydrogen-bond donors (Lipinski definition) is 2. The van der Waals surface area contributed by atoms with Crippen molar-refractivity contribution in [1.29, 1.82) is 0 Å². The second kappa shape index (κ2) is 13.4. The van der Waals surface area contributed by atoms with Gasteiger partial charge in [0.1, 0.15) is 5.75 Å². The average Bonchev–Trinajstić information content (AvgIpc) is 3.22. The van der Waals surface area contributed by atoms with E-state index in [1.807, 2.05) is 30.3 Å². The second-order valence-corrected chi connectivity index (χ2v) is 13.5. The van der Waals surface area contributed by atoms with Crippen molar-refractivity contribution in [3.63, 3.8) is 0 Å². The lowest BCUT2D eigenvalue weighted by Crippen LogP contribution is -2.53. The van der Waals surface area contributed by atoms with E-state index in [1.54, 1.807) is 7.11 Å². The Morgan fingerprint density at radius 3 is 2.43 bits per heavy atom. The number of methoxy groups -OCH3 is 1. The highest BCUT2D eigenvalue weighted by Crippen LogP contribution is 2.59. The van der Waals surface area contributed by atoms with Crippen LogP contribution in [0.25, 0.3) is 0 Å². The zero-order valence-electron chi connectivity index (χ0n) is 26.0. The van der Waals surface area contributed by atoms with Crippen LogP contribution in [0.2, 0.25) is 0 Å². The van der Waals surface area contributed by atoms with Crippen LogP contribution in [-0.4, -0.2) is 59.3 Å². The van der Waals surface area contributed by atoms with Crippen molar-refractivity contribution in [2.45, 2.75) is 109 Å². The van der Waals surface area contributed by atoms with Gasteiger partial charge in [0.2, 0.25) is 0 Å². The van der Waals surface area contributed by atoms with E-state index >= 15 is 0 Å². The Hall–Kier alpha value is -2.47. The first-order valence-electron chi connectivity index (χ1n) is 16.3. The molecule has 2 N–H and O–H groups in total. The van der Waals surface area contributed by atoms with Crippen molar-refractivity contribution < 1.29 is 19.7 Å². The lowest BCUT2D eigenvalue weighted by molar-refractivity contribution is -0.0843. The van der Waals surface area contributed by atoms with Gasteiger partial charge in [-0.2, -0.15) is 0 Å². The lowest BCUT2D eigenvalue weighted by atomic mass is 9.64. The predicted octanol–water partition coefficient (Wildman–Crippen LogP) is 7.23. The van der Waals surface area contributed by atoms with Gasteiger partial charge in [0.15, 0.2) is 5.78 Å². The number of fused-ring (bicyclic) bond motifs is 8. The van der Waals surface area contributed by atoms with E-state index in [4.69, 9.17) is 4.74 Å². The molecule has 5 heteroatoms. The highest BCUT2D eigenvalue weighted by Gasteiger charge is 2.57. The van der Waals surface area contributed by atoms with Gasteiger partial charge < -0.3 is 19.8 Å². The molecule has 5 nitrogen and oxygen atoms in total. The molecule has 0 unspecified atom stereocenters. The third-order valence-electron chi connectivity index (χ3n) is 10.7. The number of ether oxygens (including phenoxy) is 1. The minimum Gasteiger partial charge on any atom is -0.497 e. The smallest absolute Gasteiger partial charge is 0.193 e. The summed E-state index contributed by atoms with van der Waals surface area (Å²) in [6.07, 6.45) is 13.6.